The number of rotatable bonds is 10. The quantitative estimate of drug-likeness (QED) is 0.110. The van der Waals surface area contributed by atoms with E-state index in [9.17, 15) is 18.0 Å². The van der Waals surface area contributed by atoms with Crippen molar-refractivity contribution >= 4 is 27.5 Å². The Kier molecular flexibility index (Phi) is 9.32. The molecule has 2 nitrogen and oxygen atoms in total. The summed E-state index contributed by atoms with van der Waals surface area (Å²) < 4.78 is 48.9. The Morgan fingerprint density at radius 3 is 1.98 bits per heavy atom. The number of hydrogen-bond donors (Lipinski definition) is 0. The molecule has 0 saturated heterocycles. The van der Waals surface area contributed by atoms with Gasteiger partial charge in [0.15, 0.2) is 0 Å². The summed E-state index contributed by atoms with van der Waals surface area (Å²) >= 11 is 0. The SMILES string of the molecule is CCCCCCCC1CCC(c2ccc(C(=O)O[C@@H](c3c4ccccc4cc4ccccc34)C(F)(F)F)cc2)CC1. The monoisotopic (exact) mass is 560 g/mol. The van der Waals surface area contributed by atoms with E-state index in [1.807, 2.05) is 18.2 Å². The fourth-order valence-corrected chi connectivity index (χ4v) is 6.51. The summed E-state index contributed by atoms with van der Waals surface area (Å²) in [5.74, 6) is 0.260. The van der Waals surface area contributed by atoms with Gasteiger partial charge in [-0.3, -0.25) is 0 Å². The van der Waals surface area contributed by atoms with Crippen molar-refractivity contribution in [1.29, 1.82) is 0 Å². The minimum absolute atomic E-state index is 0.0294. The molecule has 0 aliphatic heterocycles. The Hall–Kier alpha value is -3.34. The highest BCUT2D eigenvalue weighted by molar-refractivity contribution is 6.03. The number of unbranched alkanes of at least 4 members (excludes halogenated alkanes) is 4. The van der Waals surface area contributed by atoms with Crippen molar-refractivity contribution in [2.24, 2.45) is 5.92 Å². The van der Waals surface area contributed by atoms with Crippen LogP contribution in [0.15, 0.2) is 78.9 Å². The van der Waals surface area contributed by atoms with Gasteiger partial charge in [0.05, 0.1) is 5.56 Å². The second kappa shape index (κ2) is 13.1. The first-order chi connectivity index (χ1) is 19.8. The Bertz CT molecular complexity index is 1400. The highest BCUT2D eigenvalue weighted by atomic mass is 19.4. The molecule has 0 aromatic heterocycles. The molecule has 1 aliphatic rings. The number of carbonyl (C=O) groups excluding carboxylic acids is 1. The molecular formula is C36H39F3O2. The summed E-state index contributed by atoms with van der Waals surface area (Å²) in [5.41, 5.74) is 1.25. The third-order valence-electron chi connectivity index (χ3n) is 8.78. The fourth-order valence-electron chi connectivity index (χ4n) is 6.51. The zero-order valence-electron chi connectivity index (χ0n) is 23.8. The summed E-state index contributed by atoms with van der Waals surface area (Å²) in [6, 6.07) is 22.7. The van der Waals surface area contributed by atoms with Crippen molar-refractivity contribution in [2.45, 2.75) is 89.3 Å². The topological polar surface area (TPSA) is 26.3 Å². The first-order valence-corrected chi connectivity index (χ1v) is 15.1. The van der Waals surface area contributed by atoms with E-state index in [4.69, 9.17) is 4.74 Å². The third kappa shape index (κ3) is 6.94. The van der Waals surface area contributed by atoms with E-state index in [1.165, 1.54) is 51.4 Å². The number of fused-ring (bicyclic) bond motifs is 2. The Balaban J connectivity index is 1.29. The minimum Gasteiger partial charge on any atom is -0.444 e. The third-order valence-corrected chi connectivity index (χ3v) is 8.78. The summed E-state index contributed by atoms with van der Waals surface area (Å²) in [4.78, 5) is 13.1. The van der Waals surface area contributed by atoms with Gasteiger partial charge in [-0.2, -0.15) is 13.2 Å². The molecule has 1 saturated carbocycles. The summed E-state index contributed by atoms with van der Waals surface area (Å²) in [6.45, 7) is 2.24. The number of hydrogen-bond acceptors (Lipinski definition) is 2. The Morgan fingerprint density at radius 1 is 0.805 bits per heavy atom. The zero-order valence-corrected chi connectivity index (χ0v) is 23.8. The fraction of sp³-hybridized carbons (Fsp3) is 0.417. The molecule has 4 aromatic rings. The van der Waals surface area contributed by atoms with Crippen LogP contribution >= 0.6 is 0 Å². The molecule has 1 atom stereocenters. The van der Waals surface area contributed by atoms with Crippen LogP contribution in [0.5, 0.6) is 0 Å². The standard InChI is InChI=1S/C36H39F3O2/c1-2-3-4-5-6-11-25-16-18-26(19-17-25)27-20-22-28(23-21-27)35(40)41-34(36(37,38)39)33-31-14-9-7-12-29(31)24-30-13-8-10-15-32(30)33/h7-10,12-15,20-26,34H,2-6,11,16-19H2,1H3/t25?,26?,34-/m0/s1. The van der Waals surface area contributed by atoms with Gasteiger partial charge >= 0.3 is 12.1 Å². The second-order valence-electron chi connectivity index (χ2n) is 11.6. The van der Waals surface area contributed by atoms with Crippen LogP contribution < -0.4 is 0 Å². The molecule has 216 valence electrons. The molecule has 0 N–H and O–H groups in total. The van der Waals surface area contributed by atoms with E-state index in [0.717, 1.165) is 24.3 Å². The summed E-state index contributed by atoms with van der Waals surface area (Å²) in [6.07, 6.45) is 5.40. The van der Waals surface area contributed by atoms with Crippen LogP contribution in [-0.2, 0) is 4.74 Å². The van der Waals surface area contributed by atoms with E-state index in [2.05, 4.69) is 6.92 Å². The zero-order chi connectivity index (χ0) is 28.8. The molecule has 0 bridgehead atoms. The normalized spacial score (nSPS) is 18.4. The van der Waals surface area contributed by atoms with Gasteiger partial charge in [0.2, 0.25) is 6.10 Å². The molecule has 0 unspecified atom stereocenters. The highest BCUT2D eigenvalue weighted by Gasteiger charge is 2.46. The summed E-state index contributed by atoms with van der Waals surface area (Å²) in [5, 5.41) is 2.19. The van der Waals surface area contributed by atoms with Gasteiger partial charge in [0.25, 0.3) is 0 Å². The van der Waals surface area contributed by atoms with Gasteiger partial charge in [-0.25, -0.2) is 4.79 Å². The van der Waals surface area contributed by atoms with Crippen LogP contribution in [0.4, 0.5) is 13.2 Å². The lowest BCUT2D eigenvalue weighted by molar-refractivity contribution is -0.206. The average molecular weight is 561 g/mol. The van der Waals surface area contributed by atoms with Gasteiger partial charge < -0.3 is 4.74 Å². The highest BCUT2D eigenvalue weighted by Crippen LogP contribution is 2.43. The molecular weight excluding hydrogens is 521 g/mol. The number of benzene rings is 4. The van der Waals surface area contributed by atoms with E-state index < -0.39 is 18.2 Å². The maximum atomic E-state index is 14.5. The molecule has 0 radical (unpaired) electrons. The Labute approximate surface area is 240 Å². The van der Waals surface area contributed by atoms with E-state index in [-0.39, 0.29) is 11.1 Å². The molecule has 4 aromatic carbocycles. The number of ether oxygens (including phenoxy) is 1. The molecule has 41 heavy (non-hydrogen) atoms. The van der Waals surface area contributed by atoms with Gasteiger partial charge in [0.1, 0.15) is 0 Å². The van der Waals surface area contributed by atoms with E-state index in [1.54, 1.807) is 60.7 Å². The molecule has 1 aliphatic carbocycles. The molecule has 0 amide bonds. The van der Waals surface area contributed by atoms with Crippen LogP contribution in [0.1, 0.15) is 105 Å². The summed E-state index contributed by atoms with van der Waals surface area (Å²) in [7, 11) is 0. The maximum absolute atomic E-state index is 14.5. The molecule has 0 spiro atoms. The van der Waals surface area contributed by atoms with Crippen molar-refractivity contribution in [2.75, 3.05) is 0 Å². The average Bonchev–Trinajstić information content (AvgIpc) is 2.98. The van der Waals surface area contributed by atoms with Crippen LogP contribution in [0.25, 0.3) is 21.5 Å². The smallest absolute Gasteiger partial charge is 0.429 e. The van der Waals surface area contributed by atoms with Crippen LogP contribution in [-0.4, -0.2) is 12.1 Å². The molecule has 5 rings (SSSR count). The van der Waals surface area contributed by atoms with Gasteiger partial charge in [-0.15, -0.1) is 0 Å². The lowest BCUT2D eigenvalue weighted by Crippen LogP contribution is -2.27. The largest absolute Gasteiger partial charge is 0.444 e. The van der Waals surface area contributed by atoms with E-state index in [0.29, 0.717) is 27.5 Å². The van der Waals surface area contributed by atoms with Crippen LogP contribution in [0.3, 0.4) is 0 Å². The molecule has 0 heterocycles. The van der Waals surface area contributed by atoms with Gasteiger partial charge in [0, 0.05) is 5.56 Å². The lowest BCUT2D eigenvalue weighted by atomic mass is 9.77. The maximum Gasteiger partial charge on any atom is 0.429 e. The number of carbonyl (C=O) groups is 1. The Morgan fingerprint density at radius 2 is 1.39 bits per heavy atom. The van der Waals surface area contributed by atoms with Crippen molar-refractivity contribution in [3.8, 4) is 0 Å². The van der Waals surface area contributed by atoms with Crippen LogP contribution in [0.2, 0.25) is 0 Å². The predicted octanol–water partition coefficient (Wildman–Crippen LogP) is 11.1. The first-order valence-electron chi connectivity index (χ1n) is 15.1. The number of esters is 1. The van der Waals surface area contributed by atoms with Gasteiger partial charge in [-0.05, 0) is 82.8 Å². The molecule has 5 heteroatoms. The van der Waals surface area contributed by atoms with Gasteiger partial charge in [-0.1, -0.05) is 106 Å². The number of alkyl halides is 3. The second-order valence-corrected chi connectivity index (χ2v) is 11.6. The number of halogens is 3. The van der Waals surface area contributed by atoms with Crippen molar-refractivity contribution in [3.63, 3.8) is 0 Å². The first kappa shape index (κ1) is 29.2. The molecule has 1 fully saturated rings. The minimum atomic E-state index is -4.78. The van der Waals surface area contributed by atoms with Crippen LogP contribution in [0, 0.1) is 5.92 Å². The van der Waals surface area contributed by atoms with Crippen molar-refractivity contribution in [3.05, 3.63) is 95.6 Å². The lowest BCUT2D eigenvalue weighted by Gasteiger charge is -2.29. The van der Waals surface area contributed by atoms with Crippen molar-refractivity contribution < 1.29 is 22.7 Å². The van der Waals surface area contributed by atoms with E-state index >= 15 is 0 Å². The predicted molar refractivity (Wildman–Crippen MR) is 160 cm³/mol. The van der Waals surface area contributed by atoms with Crippen molar-refractivity contribution in [1.82, 2.24) is 0 Å².